The second-order valence-corrected chi connectivity index (χ2v) is 8.00. The quantitative estimate of drug-likeness (QED) is 0.543. The van der Waals surface area contributed by atoms with E-state index in [2.05, 4.69) is 22.3 Å². The Kier molecular flexibility index (Phi) is 6.67. The van der Waals surface area contributed by atoms with Gasteiger partial charge >= 0.3 is 6.03 Å². The maximum absolute atomic E-state index is 13.9. The Labute approximate surface area is 189 Å². The van der Waals surface area contributed by atoms with E-state index in [0.29, 0.717) is 43.3 Å². The fourth-order valence-corrected chi connectivity index (χ4v) is 4.05. The predicted octanol–water partition coefficient (Wildman–Crippen LogP) is 5.70. The third-order valence-corrected chi connectivity index (χ3v) is 5.76. The highest BCUT2D eigenvalue weighted by atomic mass is 35.5. The number of carbonyl (C=O) groups excluding carboxylic acids is 1. The average molecular weight is 460 g/mol. The average Bonchev–Trinajstić information content (AvgIpc) is 2.79. The fraction of sp³-hybridized carbons (Fsp3) is 0.208. The van der Waals surface area contributed by atoms with E-state index in [9.17, 15) is 18.0 Å². The molecule has 0 bridgehead atoms. The van der Waals surface area contributed by atoms with Crippen LogP contribution in [0.2, 0.25) is 5.02 Å². The highest BCUT2D eigenvalue weighted by Gasteiger charge is 2.29. The first kappa shape index (κ1) is 22.2. The lowest BCUT2D eigenvalue weighted by atomic mass is 9.96. The van der Waals surface area contributed by atoms with Gasteiger partial charge in [0.1, 0.15) is 11.5 Å². The molecule has 1 saturated heterocycles. The van der Waals surface area contributed by atoms with Crippen molar-refractivity contribution in [2.75, 3.05) is 31.5 Å². The van der Waals surface area contributed by atoms with Gasteiger partial charge in [-0.15, -0.1) is 0 Å². The summed E-state index contributed by atoms with van der Waals surface area (Å²) in [6, 6.07) is 18.1. The molecule has 0 spiro atoms. The van der Waals surface area contributed by atoms with Gasteiger partial charge in [-0.05, 0) is 23.3 Å². The molecule has 1 heterocycles. The predicted molar refractivity (Wildman–Crippen MR) is 118 cm³/mol. The van der Waals surface area contributed by atoms with Crippen LogP contribution < -0.4 is 5.32 Å². The Morgan fingerprint density at radius 2 is 1.41 bits per heavy atom. The molecule has 0 aliphatic carbocycles. The smallest absolute Gasteiger partial charge is 0.322 e. The van der Waals surface area contributed by atoms with Crippen molar-refractivity contribution in [1.29, 1.82) is 0 Å². The molecular formula is C24H21ClF3N3O. The van der Waals surface area contributed by atoms with Gasteiger partial charge in [-0.2, -0.15) is 0 Å². The number of rotatable bonds is 4. The van der Waals surface area contributed by atoms with Crippen LogP contribution in [0, 0.1) is 17.5 Å². The van der Waals surface area contributed by atoms with E-state index in [-0.39, 0.29) is 6.04 Å². The van der Waals surface area contributed by atoms with Gasteiger partial charge in [0.25, 0.3) is 0 Å². The molecule has 2 amide bonds. The Bertz CT molecular complexity index is 1060. The van der Waals surface area contributed by atoms with Crippen LogP contribution in [0.4, 0.5) is 23.7 Å². The van der Waals surface area contributed by atoms with Crippen molar-refractivity contribution in [3.63, 3.8) is 0 Å². The van der Waals surface area contributed by atoms with Gasteiger partial charge in [0.2, 0.25) is 0 Å². The molecule has 3 aromatic carbocycles. The normalized spacial score (nSPS) is 15.4. The molecule has 0 saturated carbocycles. The highest BCUT2D eigenvalue weighted by Crippen LogP contribution is 2.30. The second kappa shape index (κ2) is 9.63. The number of piperazine rings is 1. The fourth-order valence-electron chi connectivity index (χ4n) is 3.93. The number of nitrogens with one attached hydrogen (secondary N) is 1. The van der Waals surface area contributed by atoms with E-state index in [1.54, 1.807) is 0 Å². The molecule has 0 unspecified atom stereocenters. The zero-order chi connectivity index (χ0) is 22.7. The Balaban J connectivity index is 1.47. The number of urea groups is 1. The maximum Gasteiger partial charge on any atom is 0.322 e. The van der Waals surface area contributed by atoms with E-state index in [1.165, 1.54) is 4.90 Å². The molecule has 1 aliphatic heterocycles. The minimum atomic E-state index is -1.15. The van der Waals surface area contributed by atoms with Crippen molar-refractivity contribution in [3.05, 3.63) is 100 Å². The lowest BCUT2D eigenvalue weighted by Gasteiger charge is -2.39. The second-order valence-electron chi connectivity index (χ2n) is 7.56. The van der Waals surface area contributed by atoms with Crippen LogP contribution >= 0.6 is 11.6 Å². The summed E-state index contributed by atoms with van der Waals surface area (Å²) in [5.41, 5.74) is 1.54. The van der Waals surface area contributed by atoms with Crippen LogP contribution in [0.5, 0.6) is 0 Å². The molecule has 0 radical (unpaired) electrons. The molecule has 166 valence electrons. The molecule has 4 nitrogen and oxygen atoms in total. The minimum Gasteiger partial charge on any atom is -0.322 e. The molecule has 1 aliphatic rings. The number of anilines is 1. The number of hydrogen-bond acceptors (Lipinski definition) is 2. The number of halogens is 4. The topological polar surface area (TPSA) is 35.6 Å². The van der Waals surface area contributed by atoms with Gasteiger partial charge in [0.15, 0.2) is 11.6 Å². The summed E-state index contributed by atoms with van der Waals surface area (Å²) < 4.78 is 40.9. The van der Waals surface area contributed by atoms with Crippen molar-refractivity contribution >= 4 is 23.3 Å². The minimum absolute atomic E-state index is 0.0225. The third-order valence-electron chi connectivity index (χ3n) is 5.51. The zero-order valence-corrected chi connectivity index (χ0v) is 17.8. The van der Waals surface area contributed by atoms with Gasteiger partial charge in [0.05, 0.1) is 6.04 Å². The number of carbonyl (C=O) groups is 1. The summed E-state index contributed by atoms with van der Waals surface area (Å²) >= 11 is 6.06. The number of hydrogen-bond donors (Lipinski definition) is 1. The molecule has 3 aromatic rings. The summed E-state index contributed by atoms with van der Waals surface area (Å²) in [5, 5.41) is 2.88. The van der Waals surface area contributed by atoms with Crippen molar-refractivity contribution in [2.45, 2.75) is 6.04 Å². The van der Waals surface area contributed by atoms with E-state index in [4.69, 9.17) is 11.6 Å². The lowest BCUT2D eigenvalue weighted by molar-refractivity contribution is 0.126. The molecular weight excluding hydrogens is 439 g/mol. The Hall–Kier alpha value is -3.03. The molecule has 0 aromatic heterocycles. The van der Waals surface area contributed by atoms with Crippen LogP contribution in [0.3, 0.4) is 0 Å². The van der Waals surface area contributed by atoms with Gasteiger partial charge in [-0.1, -0.05) is 54.1 Å². The van der Waals surface area contributed by atoms with Gasteiger partial charge in [-0.3, -0.25) is 4.90 Å². The SMILES string of the molecule is O=C(Nc1c(F)cc(F)cc1F)N1CCN([C@H](c2ccccc2)c2ccc(Cl)cc2)CC1. The van der Waals surface area contributed by atoms with Gasteiger partial charge < -0.3 is 10.2 Å². The molecule has 32 heavy (non-hydrogen) atoms. The summed E-state index contributed by atoms with van der Waals surface area (Å²) in [6.45, 7) is 1.86. The monoisotopic (exact) mass is 459 g/mol. The molecule has 1 N–H and O–H groups in total. The van der Waals surface area contributed by atoms with Crippen molar-refractivity contribution < 1.29 is 18.0 Å². The number of amides is 2. The van der Waals surface area contributed by atoms with Crippen molar-refractivity contribution in [3.8, 4) is 0 Å². The summed E-state index contributed by atoms with van der Waals surface area (Å²) in [7, 11) is 0. The summed E-state index contributed by atoms with van der Waals surface area (Å²) in [4.78, 5) is 16.3. The van der Waals surface area contributed by atoms with Crippen LogP contribution in [-0.4, -0.2) is 42.0 Å². The van der Waals surface area contributed by atoms with E-state index >= 15 is 0 Å². The zero-order valence-electron chi connectivity index (χ0n) is 17.1. The first-order valence-electron chi connectivity index (χ1n) is 10.2. The molecule has 8 heteroatoms. The molecule has 1 fully saturated rings. The van der Waals surface area contributed by atoms with Crippen molar-refractivity contribution in [2.24, 2.45) is 0 Å². The van der Waals surface area contributed by atoms with Gasteiger partial charge in [0, 0.05) is 43.3 Å². The van der Waals surface area contributed by atoms with E-state index in [0.717, 1.165) is 11.1 Å². The first-order valence-corrected chi connectivity index (χ1v) is 10.5. The van der Waals surface area contributed by atoms with Crippen molar-refractivity contribution in [1.82, 2.24) is 9.80 Å². The lowest BCUT2D eigenvalue weighted by Crippen LogP contribution is -2.51. The number of nitrogens with zero attached hydrogens (tertiary/aromatic N) is 2. The molecule has 4 rings (SSSR count). The first-order chi connectivity index (χ1) is 15.4. The van der Waals surface area contributed by atoms with Crippen LogP contribution in [0.25, 0.3) is 0 Å². The van der Waals surface area contributed by atoms with Crippen LogP contribution in [0.1, 0.15) is 17.2 Å². The largest absolute Gasteiger partial charge is 0.322 e. The van der Waals surface area contributed by atoms with E-state index < -0.39 is 29.2 Å². The van der Waals surface area contributed by atoms with E-state index in [1.807, 2.05) is 42.5 Å². The van der Waals surface area contributed by atoms with Crippen LogP contribution in [0.15, 0.2) is 66.7 Å². The molecule has 1 atom stereocenters. The number of benzene rings is 3. The summed E-state index contributed by atoms with van der Waals surface area (Å²) in [5.74, 6) is -3.34. The Morgan fingerprint density at radius 1 is 0.844 bits per heavy atom. The highest BCUT2D eigenvalue weighted by molar-refractivity contribution is 6.30. The standard InChI is InChI=1S/C24H21ClF3N3O/c25-18-8-6-17(7-9-18)23(16-4-2-1-3-5-16)30-10-12-31(13-11-30)24(32)29-22-20(27)14-19(26)15-21(22)28/h1-9,14-15,23H,10-13H2,(H,29,32)/t23-/m1/s1. The Morgan fingerprint density at radius 3 is 2.00 bits per heavy atom. The van der Waals surface area contributed by atoms with Crippen LogP contribution in [-0.2, 0) is 0 Å². The van der Waals surface area contributed by atoms with Gasteiger partial charge in [-0.25, -0.2) is 18.0 Å². The third kappa shape index (κ3) is 4.89. The maximum atomic E-state index is 13.9. The summed E-state index contributed by atoms with van der Waals surface area (Å²) in [6.07, 6.45) is 0.